The summed E-state index contributed by atoms with van der Waals surface area (Å²) in [5.41, 5.74) is 0. The molecule has 0 atom stereocenters. The third kappa shape index (κ3) is 1.95. The maximum absolute atomic E-state index is 10.4. The quantitative estimate of drug-likeness (QED) is 0.416. The molecule has 0 aliphatic carbocycles. The van der Waals surface area contributed by atoms with Crippen molar-refractivity contribution in [2.24, 2.45) is 0 Å². The number of hydrogen-bond donors (Lipinski definition) is 0. The average molecular weight is 81.1 g/mol. The van der Waals surface area contributed by atoms with Crippen molar-refractivity contribution < 1.29 is 8.60 Å². The van der Waals surface area contributed by atoms with E-state index in [1.165, 1.54) is 0 Å². The summed E-state index contributed by atoms with van der Waals surface area (Å²) in [6.07, 6.45) is 0. The number of alkyl halides is 1. The van der Waals surface area contributed by atoms with Crippen LogP contribution in [0.25, 0.3) is 0 Å². The first-order chi connectivity index (χ1) is 1.91. The Bertz CT molecular complexity index is 22.0. The van der Waals surface area contributed by atoms with Crippen LogP contribution in [0.15, 0.2) is 0 Å². The van der Waals surface area contributed by atoms with Crippen LogP contribution in [0.3, 0.4) is 0 Å². The molecule has 0 aromatic carbocycles. The molecule has 0 aliphatic rings. The first-order valence-electron chi connectivity index (χ1n) is 0.723. The van der Waals surface area contributed by atoms with Crippen molar-refractivity contribution in [1.29, 1.82) is 0 Å². The van der Waals surface area contributed by atoms with Crippen LogP contribution in [0.2, 0.25) is 0 Å². The average Bonchev–Trinajstić information content (AvgIpc) is 1.37. The Morgan fingerprint density at radius 1 is 2.00 bits per heavy atom. The van der Waals surface area contributed by atoms with Gasteiger partial charge in [-0.25, -0.2) is 0 Å². The topological polar surface area (TPSA) is 17.1 Å². The molecule has 0 aliphatic heterocycles. The highest BCUT2D eigenvalue weighted by Gasteiger charge is 1.82. The Morgan fingerprint density at radius 3 is 2.25 bits per heavy atom. The molecule has 0 spiro atoms. The van der Waals surface area contributed by atoms with Gasteiger partial charge in [0.15, 0.2) is 0 Å². The molecule has 1 nitrogen and oxygen atoms in total. The fourth-order valence-electron chi connectivity index (χ4n) is 0. The lowest BCUT2D eigenvalue weighted by atomic mass is 11.8. The highest BCUT2D eigenvalue weighted by molar-refractivity contribution is 7.65. The van der Waals surface area contributed by atoms with E-state index in [0.29, 0.717) is 0 Å². The molecular formula is CH2FOS+. The highest BCUT2D eigenvalue weighted by Crippen LogP contribution is 1.52. The van der Waals surface area contributed by atoms with Crippen molar-refractivity contribution in [2.75, 3.05) is 6.01 Å². The van der Waals surface area contributed by atoms with Gasteiger partial charge in [-0.2, -0.15) is 4.39 Å². The van der Waals surface area contributed by atoms with Gasteiger partial charge in [-0.1, -0.05) is 0 Å². The second-order valence-corrected chi connectivity index (χ2v) is 0.681. The third-order valence-corrected chi connectivity index (χ3v) is 0.134. The van der Waals surface area contributed by atoms with Crippen LogP contribution in [0.5, 0.6) is 0 Å². The summed E-state index contributed by atoms with van der Waals surface area (Å²) >= 11 is -0.0602. The summed E-state index contributed by atoms with van der Waals surface area (Å²) in [5, 5.41) is 0. The molecule has 3 heteroatoms. The first-order valence-corrected chi connectivity index (χ1v) is 1.63. The maximum Gasteiger partial charge on any atom is 0.494 e. The molecule has 0 amide bonds. The Balaban J connectivity index is 2.30. The zero-order chi connectivity index (χ0) is 3.41. The normalized spacial score (nSPS) is 6.25. The number of hydrogen-bond acceptors (Lipinski definition) is 1. The molecule has 0 fully saturated rings. The number of halogens is 1. The largest absolute Gasteiger partial charge is 0.494 e. The van der Waals surface area contributed by atoms with Gasteiger partial charge in [0, 0.05) is 4.21 Å². The molecule has 0 bridgehead atoms. The summed E-state index contributed by atoms with van der Waals surface area (Å²) in [4.78, 5) is 0. The maximum atomic E-state index is 10.4. The van der Waals surface area contributed by atoms with Gasteiger partial charge < -0.3 is 0 Å². The molecule has 0 N–H and O–H groups in total. The second-order valence-electron chi connectivity index (χ2n) is 0.227. The van der Waals surface area contributed by atoms with Crippen LogP contribution in [0.1, 0.15) is 0 Å². The summed E-state index contributed by atoms with van der Waals surface area (Å²) in [5.74, 6) is 0. The summed E-state index contributed by atoms with van der Waals surface area (Å²) in [7, 11) is 0. The molecule has 24 valence electrons. The number of rotatable bonds is 1. The van der Waals surface area contributed by atoms with Crippen molar-refractivity contribution in [2.45, 2.75) is 0 Å². The Morgan fingerprint density at radius 2 is 2.25 bits per heavy atom. The Hall–Kier alpha value is -0.0500. The van der Waals surface area contributed by atoms with Crippen molar-refractivity contribution in [3.63, 3.8) is 0 Å². The molecular weight excluding hydrogens is 79.1 g/mol. The van der Waals surface area contributed by atoms with Gasteiger partial charge in [-0.05, 0) is 0 Å². The molecule has 0 rings (SSSR count). The van der Waals surface area contributed by atoms with Gasteiger partial charge in [0.2, 0.25) is 0 Å². The van der Waals surface area contributed by atoms with E-state index >= 15 is 0 Å². The molecule has 0 unspecified atom stereocenters. The van der Waals surface area contributed by atoms with E-state index in [1.807, 2.05) is 0 Å². The summed E-state index contributed by atoms with van der Waals surface area (Å²) in [6.45, 7) is 0. The SMILES string of the molecule is O=[S+]CF. The van der Waals surface area contributed by atoms with Crippen molar-refractivity contribution >= 4 is 11.7 Å². The minimum Gasteiger partial charge on any atom is -0.177 e. The van der Waals surface area contributed by atoms with Crippen molar-refractivity contribution in [3.8, 4) is 0 Å². The zero-order valence-corrected chi connectivity index (χ0v) is 2.72. The van der Waals surface area contributed by atoms with E-state index in [0.717, 1.165) is 0 Å². The molecule has 4 heavy (non-hydrogen) atoms. The molecule has 0 heterocycles. The Kier molecular flexibility index (Phi) is 2.91. The third-order valence-electron chi connectivity index (χ3n) is 0.0445. The predicted octanol–water partition coefficient (Wildman–Crippen LogP) is 0.342. The van der Waals surface area contributed by atoms with Crippen molar-refractivity contribution in [3.05, 3.63) is 0 Å². The van der Waals surface area contributed by atoms with Crippen LogP contribution in [-0.4, -0.2) is 6.01 Å². The fourth-order valence-corrected chi connectivity index (χ4v) is 0. The van der Waals surface area contributed by atoms with Gasteiger partial charge in [-0.3, -0.25) is 0 Å². The Labute approximate surface area is 27.3 Å². The molecule has 0 aromatic heterocycles. The standard InChI is InChI=1S/CH2FOS/c2-1-4-3/h1H2/q+1. The predicted molar refractivity (Wildman–Crippen MR) is 14.0 cm³/mol. The molecule has 0 saturated carbocycles. The van der Waals surface area contributed by atoms with Crippen LogP contribution in [-0.2, 0) is 15.9 Å². The van der Waals surface area contributed by atoms with Gasteiger partial charge in [0.1, 0.15) is 0 Å². The van der Waals surface area contributed by atoms with Crippen LogP contribution in [0, 0.1) is 0 Å². The van der Waals surface area contributed by atoms with E-state index in [1.54, 1.807) is 0 Å². The van der Waals surface area contributed by atoms with E-state index in [2.05, 4.69) is 0 Å². The molecule has 0 radical (unpaired) electrons. The zero-order valence-electron chi connectivity index (χ0n) is 1.90. The van der Waals surface area contributed by atoms with Crippen LogP contribution >= 0.6 is 0 Å². The monoisotopic (exact) mass is 81.0 g/mol. The minimum atomic E-state index is -0.819. The van der Waals surface area contributed by atoms with Crippen LogP contribution in [0.4, 0.5) is 4.39 Å². The summed E-state index contributed by atoms with van der Waals surface area (Å²) in [6, 6.07) is -0.819. The summed E-state index contributed by atoms with van der Waals surface area (Å²) < 4.78 is 19.2. The van der Waals surface area contributed by atoms with Gasteiger partial charge in [0.05, 0.1) is 0 Å². The highest BCUT2D eigenvalue weighted by atomic mass is 32.1. The van der Waals surface area contributed by atoms with E-state index in [9.17, 15) is 4.39 Å². The van der Waals surface area contributed by atoms with E-state index in [4.69, 9.17) is 4.21 Å². The smallest absolute Gasteiger partial charge is 0.177 e. The van der Waals surface area contributed by atoms with Gasteiger partial charge in [-0.15, -0.1) is 0 Å². The molecule has 0 saturated heterocycles. The van der Waals surface area contributed by atoms with E-state index < -0.39 is 6.01 Å². The van der Waals surface area contributed by atoms with Crippen LogP contribution < -0.4 is 0 Å². The second kappa shape index (κ2) is 2.95. The lowest BCUT2D eigenvalue weighted by Gasteiger charge is -1.27. The van der Waals surface area contributed by atoms with Gasteiger partial charge >= 0.3 is 17.7 Å². The first kappa shape index (κ1) is 3.95. The van der Waals surface area contributed by atoms with Crippen molar-refractivity contribution in [1.82, 2.24) is 0 Å². The van der Waals surface area contributed by atoms with E-state index in [-0.39, 0.29) is 11.7 Å². The lowest BCUT2D eigenvalue weighted by Crippen LogP contribution is -1.55. The van der Waals surface area contributed by atoms with Gasteiger partial charge in [0.25, 0.3) is 0 Å². The molecule has 0 aromatic rings. The fraction of sp³-hybridized carbons (Fsp3) is 1.00. The minimum absolute atomic E-state index is 0.0602. The lowest BCUT2D eigenvalue weighted by molar-refractivity contribution is 0.562.